The van der Waals surface area contributed by atoms with Crippen LogP contribution in [0.3, 0.4) is 0 Å². The first-order valence-corrected chi connectivity index (χ1v) is 13.1. The number of anilines is 5. The van der Waals surface area contributed by atoms with Crippen LogP contribution in [-0.4, -0.2) is 26.9 Å². The minimum Gasteiger partial charge on any atom is -0.457 e. The number of benzene rings is 3. The van der Waals surface area contributed by atoms with Gasteiger partial charge >= 0.3 is 6.03 Å². The number of hydrogen-bond donors (Lipinski definition) is 5. The molecule has 6 N–H and O–H groups in total. The van der Waals surface area contributed by atoms with Crippen molar-refractivity contribution in [2.24, 2.45) is 0 Å². The summed E-state index contributed by atoms with van der Waals surface area (Å²) in [7, 11) is 0. The zero-order valence-electron chi connectivity index (χ0n) is 23.3. The molecule has 0 aliphatic heterocycles. The Kier molecular flexibility index (Phi) is 7.82. The molecule has 0 spiro atoms. The lowest BCUT2D eigenvalue weighted by atomic mass is 9.93. The average molecular weight is 563 g/mol. The molecule has 2 amide bonds. The molecule has 0 saturated heterocycles. The van der Waals surface area contributed by atoms with Gasteiger partial charge in [-0.2, -0.15) is 0 Å². The third kappa shape index (κ3) is 6.70. The standard InChI is InChI=1S/C31H30N8O3/c1-31(2,3)24-17-25(39-42-24)38-30(40)37-21-13-11-20(12-14-21)36-29-26(28(33)34-18-35-29)27(32)19-9-15-23(16-10-19)41-22-7-5-4-6-8-22/h4-18,32H,1-3H3,(H3,33,34,35,36)(H2,37,38,39,40). The Bertz CT molecular complexity index is 1690. The van der Waals surface area contributed by atoms with Crippen LogP contribution in [0.1, 0.15) is 37.7 Å². The van der Waals surface area contributed by atoms with E-state index >= 15 is 0 Å². The monoisotopic (exact) mass is 562 g/mol. The van der Waals surface area contributed by atoms with Crippen LogP contribution in [0.15, 0.2) is 95.8 Å². The van der Waals surface area contributed by atoms with E-state index < -0.39 is 6.03 Å². The molecule has 5 rings (SSSR count). The Labute approximate surface area is 242 Å². The Morgan fingerprint density at radius 1 is 0.881 bits per heavy atom. The van der Waals surface area contributed by atoms with E-state index in [1.165, 1.54) is 6.33 Å². The number of rotatable bonds is 8. The SMILES string of the molecule is CC(C)(C)c1cc(NC(=O)Nc2ccc(Nc3ncnc(N)c3C(=N)c3ccc(Oc4ccccc4)cc3)cc2)no1. The molecule has 42 heavy (non-hydrogen) atoms. The predicted molar refractivity (Wildman–Crippen MR) is 163 cm³/mol. The third-order valence-corrected chi connectivity index (χ3v) is 6.14. The number of urea groups is 1. The van der Waals surface area contributed by atoms with Crippen LogP contribution in [-0.2, 0) is 5.41 Å². The lowest BCUT2D eigenvalue weighted by molar-refractivity contribution is 0.262. The predicted octanol–water partition coefficient (Wildman–Crippen LogP) is 6.94. The summed E-state index contributed by atoms with van der Waals surface area (Å²) in [6.45, 7) is 5.98. The van der Waals surface area contributed by atoms with Gasteiger partial charge in [0.15, 0.2) is 5.82 Å². The maximum Gasteiger partial charge on any atom is 0.324 e. The minimum atomic E-state index is -0.455. The Hall–Kier alpha value is -5.71. The van der Waals surface area contributed by atoms with Crippen molar-refractivity contribution in [3.05, 3.63) is 108 Å². The van der Waals surface area contributed by atoms with Gasteiger partial charge in [0.05, 0.1) is 11.3 Å². The van der Waals surface area contributed by atoms with Gasteiger partial charge in [0.1, 0.15) is 35.2 Å². The topological polar surface area (TPSA) is 164 Å². The molecular weight excluding hydrogens is 532 g/mol. The van der Waals surface area contributed by atoms with Gasteiger partial charge in [-0.05, 0) is 60.7 Å². The number of nitrogen functional groups attached to an aromatic ring is 1. The van der Waals surface area contributed by atoms with Crippen LogP contribution in [0.2, 0.25) is 0 Å². The largest absolute Gasteiger partial charge is 0.457 e. The van der Waals surface area contributed by atoms with Crippen LogP contribution in [0.25, 0.3) is 0 Å². The molecule has 0 aliphatic carbocycles. The molecule has 11 heteroatoms. The molecular formula is C31H30N8O3. The van der Waals surface area contributed by atoms with Crippen molar-refractivity contribution in [3.63, 3.8) is 0 Å². The molecule has 0 saturated carbocycles. The fraction of sp³-hybridized carbons (Fsp3) is 0.129. The summed E-state index contributed by atoms with van der Waals surface area (Å²) in [4.78, 5) is 20.9. The maximum atomic E-state index is 12.4. The van der Waals surface area contributed by atoms with Gasteiger partial charge in [0.25, 0.3) is 0 Å². The highest BCUT2D eigenvalue weighted by molar-refractivity contribution is 6.16. The fourth-order valence-corrected chi connectivity index (χ4v) is 3.94. The van der Waals surface area contributed by atoms with E-state index in [9.17, 15) is 4.79 Å². The summed E-state index contributed by atoms with van der Waals surface area (Å²) in [5.74, 6) is 2.90. The molecule has 11 nitrogen and oxygen atoms in total. The Balaban J connectivity index is 1.24. The number of ether oxygens (including phenoxy) is 1. The van der Waals surface area contributed by atoms with E-state index in [2.05, 4.69) is 31.1 Å². The number of aromatic nitrogens is 3. The van der Waals surface area contributed by atoms with Crippen LogP contribution in [0.4, 0.5) is 33.6 Å². The third-order valence-electron chi connectivity index (χ3n) is 6.14. The quantitative estimate of drug-likeness (QED) is 0.127. The second-order valence-electron chi connectivity index (χ2n) is 10.4. The zero-order valence-corrected chi connectivity index (χ0v) is 23.3. The van der Waals surface area contributed by atoms with Crippen molar-refractivity contribution < 1.29 is 14.1 Å². The summed E-state index contributed by atoms with van der Waals surface area (Å²) < 4.78 is 11.2. The molecule has 0 atom stereocenters. The smallest absolute Gasteiger partial charge is 0.324 e. The molecule has 0 bridgehead atoms. The molecule has 5 aromatic rings. The summed E-state index contributed by atoms with van der Waals surface area (Å²) in [6, 6.07) is 24.8. The number of para-hydroxylation sites is 1. The van der Waals surface area contributed by atoms with Crippen molar-refractivity contribution in [2.45, 2.75) is 26.2 Å². The number of carbonyl (C=O) groups excluding carboxylic acids is 1. The average Bonchev–Trinajstić information content (AvgIpc) is 3.44. The van der Waals surface area contributed by atoms with Gasteiger partial charge in [-0.25, -0.2) is 14.8 Å². The second-order valence-corrected chi connectivity index (χ2v) is 10.4. The summed E-state index contributed by atoms with van der Waals surface area (Å²) in [5.41, 5.74) is 8.33. The van der Waals surface area contributed by atoms with Gasteiger partial charge in [-0.1, -0.05) is 44.1 Å². The van der Waals surface area contributed by atoms with E-state index in [-0.39, 0.29) is 16.9 Å². The zero-order chi connectivity index (χ0) is 29.7. The highest BCUT2D eigenvalue weighted by atomic mass is 16.5. The first kappa shape index (κ1) is 27.8. The normalized spacial score (nSPS) is 11.0. The molecule has 0 radical (unpaired) electrons. The van der Waals surface area contributed by atoms with E-state index in [4.69, 9.17) is 20.4 Å². The van der Waals surface area contributed by atoms with Gasteiger partial charge in [-0.15, -0.1) is 0 Å². The number of amides is 2. The van der Waals surface area contributed by atoms with Crippen LogP contribution >= 0.6 is 0 Å². The minimum absolute atomic E-state index is 0.152. The Morgan fingerprint density at radius 2 is 1.55 bits per heavy atom. The van der Waals surface area contributed by atoms with Crippen LogP contribution in [0, 0.1) is 5.41 Å². The van der Waals surface area contributed by atoms with Crippen LogP contribution in [0.5, 0.6) is 11.5 Å². The molecule has 0 unspecified atom stereocenters. The molecule has 2 heterocycles. The van der Waals surface area contributed by atoms with E-state index in [1.807, 2.05) is 51.1 Å². The van der Waals surface area contributed by atoms with Crippen molar-refractivity contribution in [1.82, 2.24) is 15.1 Å². The van der Waals surface area contributed by atoms with Crippen molar-refractivity contribution in [3.8, 4) is 11.5 Å². The lowest BCUT2D eigenvalue weighted by Crippen LogP contribution is -2.19. The molecule has 212 valence electrons. The summed E-state index contributed by atoms with van der Waals surface area (Å²) in [6.07, 6.45) is 1.33. The van der Waals surface area contributed by atoms with Crippen LogP contribution < -0.4 is 26.4 Å². The van der Waals surface area contributed by atoms with Crippen molar-refractivity contribution in [2.75, 3.05) is 21.7 Å². The number of nitrogens with one attached hydrogen (secondary N) is 4. The number of carbonyl (C=O) groups is 1. The highest BCUT2D eigenvalue weighted by Crippen LogP contribution is 2.28. The molecule has 2 aromatic heterocycles. The highest BCUT2D eigenvalue weighted by Gasteiger charge is 2.20. The number of hydrogen-bond acceptors (Lipinski definition) is 9. The summed E-state index contributed by atoms with van der Waals surface area (Å²) >= 11 is 0. The molecule has 3 aromatic carbocycles. The molecule has 0 fully saturated rings. The van der Waals surface area contributed by atoms with Crippen molar-refractivity contribution in [1.29, 1.82) is 5.41 Å². The maximum absolute atomic E-state index is 12.4. The second kappa shape index (κ2) is 11.8. The number of nitrogens with zero attached hydrogens (tertiary/aromatic N) is 3. The fourth-order valence-electron chi connectivity index (χ4n) is 3.94. The van der Waals surface area contributed by atoms with E-state index in [0.29, 0.717) is 45.6 Å². The first-order valence-electron chi connectivity index (χ1n) is 13.1. The summed E-state index contributed by atoms with van der Waals surface area (Å²) in [5, 5.41) is 21.4. The van der Waals surface area contributed by atoms with Gasteiger partial charge < -0.3 is 25.6 Å². The van der Waals surface area contributed by atoms with E-state index in [0.717, 1.165) is 5.75 Å². The van der Waals surface area contributed by atoms with Gasteiger partial charge in [-0.3, -0.25) is 10.7 Å². The lowest BCUT2D eigenvalue weighted by Gasteiger charge is -2.14. The van der Waals surface area contributed by atoms with Gasteiger partial charge in [0, 0.05) is 28.4 Å². The van der Waals surface area contributed by atoms with Gasteiger partial charge in [0.2, 0.25) is 0 Å². The number of nitrogens with two attached hydrogens (primary N) is 1. The van der Waals surface area contributed by atoms with Crippen molar-refractivity contribution >= 4 is 40.6 Å². The Morgan fingerprint density at radius 3 is 2.21 bits per heavy atom. The molecule has 0 aliphatic rings. The first-order chi connectivity index (χ1) is 20.2. The van der Waals surface area contributed by atoms with E-state index in [1.54, 1.807) is 54.6 Å².